The van der Waals surface area contributed by atoms with Gasteiger partial charge in [0.1, 0.15) is 5.82 Å². The van der Waals surface area contributed by atoms with E-state index in [0.717, 1.165) is 5.56 Å². The topological polar surface area (TPSA) is 0 Å². The van der Waals surface area contributed by atoms with Crippen LogP contribution in [0.15, 0.2) is 40.9 Å². The Labute approximate surface area is 128 Å². The Balaban J connectivity index is 2.44. The third-order valence-electron chi connectivity index (χ3n) is 2.49. The smallest absolute Gasteiger partial charge is 0.137 e. The van der Waals surface area contributed by atoms with E-state index in [1.807, 2.05) is 0 Å². The van der Waals surface area contributed by atoms with Crippen molar-refractivity contribution in [2.75, 3.05) is 0 Å². The maximum Gasteiger partial charge on any atom is 0.137 e. The highest BCUT2D eigenvalue weighted by molar-refractivity contribution is 9.10. The van der Waals surface area contributed by atoms with Gasteiger partial charge in [0.05, 0.1) is 19.9 Å². The van der Waals surface area contributed by atoms with Gasteiger partial charge >= 0.3 is 0 Å². The highest BCUT2D eigenvalue weighted by Crippen LogP contribution is 2.37. The van der Waals surface area contributed by atoms with Crippen LogP contribution in [-0.2, 0) is 0 Å². The minimum absolute atomic E-state index is 0.349. The lowest BCUT2D eigenvalue weighted by Crippen LogP contribution is -1.96. The van der Waals surface area contributed by atoms with Gasteiger partial charge in [-0.2, -0.15) is 0 Å². The summed E-state index contributed by atoms with van der Waals surface area (Å²) in [6.45, 7) is 0. The second-order valence-electron chi connectivity index (χ2n) is 3.68. The summed E-state index contributed by atoms with van der Waals surface area (Å²) in [6, 6.07) is 9.85. The molecule has 0 bridgehead atoms. The Morgan fingerprint density at radius 1 is 1.06 bits per heavy atom. The van der Waals surface area contributed by atoms with Crippen molar-refractivity contribution in [2.45, 2.75) is 5.38 Å². The van der Waals surface area contributed by atoms with E-state index in [1.54, 1.807) is 30.3 Å². The van der Waals surface area contributed by atoms with Crippen molar-refractivity contribution in [3.05, 3.63) is 67.9 Å². The summed E-state index contributed by atoms with van der Waals surface area (Å²) in [7, 11) is 0. The van der Waals surface area contributed by atoms with Crippen molar-refractivity contribution in [2.24, 2.45) is 0 Å². The van der Waals surface area contributed by atoms with E-state index in [2.05, 4.69) is 15.9 Å². The minimum atomic E-state index is -0.496. The summed E-state index contributed by atoms with van der Waals surface area (Å²) in [5.74, 6) is -0.349. The summed E-state index contributed by atoms with van der Waals surface area (Å²) in [4.78, 5) is 0. The molecule has 0 amide bonds. The molecule has 1 atom stereocenters. The first-order chi connectivity index (χ1) is 8.50. The molecule has 0 aliphatic carbocycles. The molecule has 0 saturated carbocycles. The Hall–Kier alpha value is -0.280. The highest BCUT2D eigenvalue weighted by Gasteiger charge is 2.17. The van der Waals surface area contributed by atoms with Gasteiger partial charge in [-0.05, 0) is 45.3 Å². The Morgan fingerprint density at radius 2 is 1.78 bits per heavy atom. The van der Waals surface area contributed by atoms with E-state index in [0.29, 0.717) is 20.1 Å². The summed E-state index contributed by atoms with van der Waals surface area (Å²) >= 11 is 21.3. The third kappa shape index (κ3) is 2.83. The van der Waals surface area contributed by atoms with E-state index < -0.39 is 5.38 Å². The van der Waals surface area contributed by atoms with Crippen LogP contribution in [0.3, 0.4) is 0 Å². The number of hydrogen-bond donors (Lipinski definition) is 0. The molecule has 0 radical (unpaired) electrons. The first kappa shape index (κ1) is 14.1. The van der Waals surface area contributed by atoms with Gasteiger partial charge in [0.15, 0.2) is 0 Å². The first-order valence-corrected chi connectivity index (χ1v) is 7.02. The van der Waals surface area contributed by atoms with Gasteiger partial charge < -0.3 is 0 Å². The molecule has 94 valence electrons. The van der Waals surface area contributed by atoms with Crippen LogP contribution in [0.25, 0.3) is 0 Å². The van der Waals surface area contributed by atoms with Crippen LogP contribution in [0.5, 0.6) is 0 Å². The minimum Gasteiger partial charge on any atom is -0.206 e. The van der Waals surface area contributed by atoms with Crippen LogP contribution in [0.1, 0.15) is 16.5 Å². The fourth-order valence-corrected chi connectivity index (χ4v) is 2.81. The molecule has 0 spiro atoms. The summed E-state index contributed by atoms with van der Waals surface area (Å²) < 4.78 is 13.8. The van der Waals surface area contributed by atoms with Gasteiger partial charge in [0, 0.05) is 0 Å². The molecular formula is C13H7BrCl3F. The number of benzene rings is 2. The molecule has 0 aliphatic heterocycles. The van der Waals surface area contributed by atoms with Crippen molar-refractivity contribution in [3.63, 3.8) is 0 Å². The lowest BCUT2D eigenvalue weighted by molar-refractivity contribution is 0.618. The quantitative estimate of drug-likeness (QED) is 0.552. The van der Waals surface area contributed by atoms with E-state index >= 15 is 0 Å². The van der Waals surface area contributed by atoms with Crippen LogP contribution < -0.4 is 0 Å². The molecule has 0 heterocycles. The van der Waals surface area contributed by atoms with Gasteiger partial charge in [-0.25, -0.2) is 4.39 Å². The van der Waals surface area contributed by atoms with Gasteiger partial charge in [-0.15, -0.1) is 11.6 Å². The predicted molar refractivity (Wildman–Crippen MR) is 78.3 cm³/mol. The maximum absolute atomic E-state index is 13.4. The van der Waals surface area contributed by atoms with Gasteiger partial charge in [0.2, 0.25) is 0 Å². The Kier molecular flexibility index (Phi) is 4.54. The van der Waals surface area contributed by atoms with Crippen LogP contribution in [0.4, 0.5) is 4.39 Å². The molecule has 18 heavy (non-hydrogen) atoms. The molecule has 1 unspecified atom stereocenters. The molecule has 0 aromatic heterocycles. The molecule has 0 aliphatic rings. The monoisotopic (exact) mass is 366 g/mol. The van der Waals surface area contributed by atoms with Crippen LogP contribution in [0, 0.1) is 5.82 Å². The molecular weight excluding hydrogens is 361 g/mol. The van der Waals surface area contributed by atoms with E-state index in [1.165, 1.54) is 6.07 Å². The van der Waals surface area contributed by atoms with Crippen molar-refractivity contribution < 1.29 is 4.39 Å². The normalized spacial score (nSPS) is 12.5. The molecule has 0 N–H and O–H groups in total. The Morgan fingerprint density at radius 3 is 2.44 bits per heavy atom. The second-order valence-corrected chi connectivity index (χ2v) is 5.72. The summed E-state index contributed by atoms with van der Waals surface area (Å²) in [5, 5.41) is 0.389. The SMILES string of the molecule is Fc1cccc(C(Cl)c2ccc(Cl)c(Cl)c2)c1Br. The second kappa shape index (κ2) is 5.79. The lowest BCUT2D eigenvalue weighted by atomic mass is 10.0. The number of alkyl halides is 1. The molecule has 2 aromatic carbocycles. The van der Waals surface area contributed by atoms with Crippen molar-refractivity contribution in [1.82, 2.24) is 0 Å². The van der Waals surface area contributed by atoms with Gasteiger partial charge in [-0.1, -0.05) is 41.4 Å². The molecule has 2 aromatic rings. The molecule has 0 fully saturated rings. The molecule has 5 heteroatoms. The average molecular weight is 368 g/mol. The zero-order valence-corrected chi connectivity index (χ0v) is 12.8. The number of halogens is 5. The van der Waals surface area contributed by atoms with Crippen LogP contribution >= 0.6 is 50.7 Å². The van der Waals surface area contributed by atoms with E-state index in [4.69, 9.17) is 34.8 Å². The fraction of sp³-hybridized carbons (Fsp3) is 0.0769. The molecule has 0 saturated heterocycles. The van der Waals surface area contributed by atoms with E-state index in [-0.39, 0.29) is 5.82 Å². The predicted octanol–water partition coefficient (Wildman–Crippen LogP) is 6.22. The van der Waals surface area contributed by atoms with Crippen LogP contribution in [-0.4, -0.2) is 0 Å². The summed E-state index contributed by atoms with van der Waals surface area (Å²) in [6.07, 6.45) is 0. The van der Waals surface area contributed by atoms with Crippen molar-refractivity contribution >= 4 is 50.7 Å². The average Bonchev–Trinajstić information content (AvgIpc) is 2.35. The Bertz CT molecular complexity index is 586. The maximum atomic E-state index is 13.4. The fourth-order valence-electron chi connectivity index (χ4n) is 1.57. The standard InChI is InChI=1S/C13H7BrCl3F/c14-12-8(2-1-3-11(12)18)13(17)7-4-5-9(15)10(16)6-7/h1-6,13H. The number of hydrogen-bond acceptors (Lipinski definition) is 0. The molecule has 0 nitrogen and oxygen atoms in total. The summed E-state index contributed by atoms with van der Waals surface area (Å²) in [5.41, 5.74) is 1.41. The highest BCUT2D eigenvalue weighted by atomic mass is 79.9. The lowest BCUT2D eigenvalue weighted by Gasteiger charge is -2.13. The van der Waals surface area contributed by atoms with Crippen molar-refractivity contribution in [3.8, 4) is 0 Å². The largest absolute Gasteiger partial charge is 0.206 e. The molecule has 2 rings (SSSR count). The van der Waals surface area contributed by atoms with Gasteiger partial charge in [-0.3, -0.25) is 0 Å². The first-order valence-electron chi connectivity index (χ1n) is 5.03. The van der Waals surface area contributed by atoms with Crippen LogP contribution in [0.2, 0.25) is 10.0 Å². The van der Waals surface area contributed by atoms with E-state index in [9.17, 15) is 4.39 Å². The zero-order chi connectivity index (χ0) is 13.3. The third-order valence-corrected chi connectivity index (χ3v) is 4.55. The zero-order valence-electron chi connectivity index (χ0n) is 8.93. The number of rotatable bonds is 2. The van der Waals surface area contributed by atoms with Gasteiger partial charge in [0.25, 0.3) is 0 Å². The van der Waals surface area contributed by atoms with Crippen molar-refractivity contribution in [1.29, 1.82) is 0 Å².